The summed E-state index contributed by atoms with van der Waals surface area (Å²) in [6.45, 7) is 3.69. The van der Waals surface area contributed by atoms with Crippen molar-refractivity contribution in [2.24, 2.45) is 5.92 Å². The molecule has 2 N–H and O–H groups in total. The van der Waals surface area contributed by atoms with Crippen LogP contribution in [0.4, 0.5) is 0 Å². The molecule has 1 heterocycles. The lowest BCUT2D eigenvalue weighted by Gasteiger charge is -2.33. The third-order valence-electron chi connectivity index (χ3n) is 6.56. The highest BCUT2D eigenvalue weighted by molar-refractivity contribution is 5.91. The molecule has 2 aromatic carbocycles. The fraction of sp³-hybridized carbons (Fsp3) is 0.480. The van der Waals surface area contributed by atoms with Gasteiger partial charge >= 0.3 is 0 Å². The van der Waals surface area contributed by atoms with Crippen LogP contribution in [0.5, 0.6) is 0 Å². The van der Waals surface area contributed by atoms with Gasteiger partial charge < -0.3 is 10.4 Å². The molecule has 154 valence electrons. The molecule has 0 aromatic heterocycles. The molecule has 29 heavy (non-hydrogen) atoms. The molecule has 1 saturated carbocycles. The molecule has 4 heteroatoms. The fourth-order valence-corrected chi connectivity index (χ4v) is 5.01. The van der Waals surface area contributed by atoms with Gasteiger partial charge in [-0.15, -0.1) is 0 Å². The van der Waals surface area contributed by atoms with Gasteiger partial charge in [0.15, 0.2) is 11.4 Å². The highest BCUT2D eigenvalue weighted by Gasteiger charge is 2.48. The van der Waals surface area contributed by atoms with E-state index in [-0.39, 0.29) is 11.7 Å². The number of fused-ring (bicyclic) bond motifs is 1. The predicted molar refractivity (Wildman–Crippen MR) is 115 cm³/mol. The molecular formula is C25H32N2O2. The first-order chi connectivity index (χ1) is 14.2. The summed E-state index contributed by atoms with van der Waals surface area (Å²) in [5.41, 5.74) is 1.92. The summed E-state index contributed by atoms with van der Waals surface area (Å²) in [5.74, 6) is 0.0373. The second-order valence-electron chi connectivity index (χ2n) is 8.55. The van der Waals surface area contributed by atoms with Crippen molar-refractivity contribution in [3.8, 4) is 0 Å². The number of hydrogen-bond acceptors (Lipinski definition) is 4. The fourth-order valence-electron chi connectivity index (χ4n) is 5.01. The predicted octanol–water partition coefficient (Wildman–Crippen LogP) is 3.63. The zero-order chi connectivity index (χ0) is 20.1. The van der Waals surface area contributed by atoms with Crippen LogP contribution in [0.15, 0.2) is 54.6 Å². The first-order valence-electron chi connectivity index (χ1n) is 11.0. The molecule has 4 nitrogen and oxygen atoms in total. The number of benzene rings is 2. The Bertz CT molecular complexity index is 817. The summed E-state index contributed by atoms with van der Waals surface area (Å²) >= 11 is 0. The van der Waals surface area contributed by atoms with E-state index in [0.29, 0.717) is 6.54 Å². The number of Topliss-reactive ketones (excluding diaryl/α,β-unsaturated/α-hetero) is 1. The zero-order valence-corrected chi connectivity index (χ0v) is 17.1. The molecule has 1 unspecified atom stereocenters. The van der Waals surface area contributed by atoms with Gasteiger partial charge in [0, 0.05) is 19.6 Å². The number of carbonyl (C=O) groups is 1. The van der Waals surface area contributed by atoms with Gasteiger partial charge in [0.2, 0.25) is 0 Å². The van der Waals surface area contributed by atoms with Crippen molar-refractivity contribution >= 4 is 5.78 Å². The van der Waals surface area contributed by atoms with Crippen LogP contribution in [0.25, 0.3) is 0 Å². The quantitative estimate of drug-likeness (QED) is 0.707. The van der Waals surface area contributed by atoms with Crippen molar-refractivity contribution in [3.05, 3.63) is 71.3 Å². The Morgan fingerprint density at radius 2 is 1.72 bits per heavy atom. The molecule has 4 rings (SSSR count). The number of ketones is 1. The lowest BCUT2D eigenvalue weighted by atomic mass is 9.76. The molecule has 0 spiro atoms. The smallest absolute Gasteiger partial charge is 0.183 e. The maximum atomic E-state index is 13.3. The van der Waals surface area contributed by atoms with Gasteiger partial charge in [-0.25, -0.2) is 0 Å². The van der Waals surface area contributed by atoms with Gasteiger partial charge in [-0.1, -0.05) is 67.4 Å². The summed E-state index contributed by atoms with van der Waals surface area (Å²) in [5, 5.41) is 15.1. The van der Waals surface area contributed by atoms with Gasteiger partial charge in [0.25, 0.3) is 0 Å². The normalized spacial score (nSPS) is 23.1. The van der Waals surface area contributed by atoms with Crippen LogP contribution in [-0.4, -0.2) is 35.4 Å². The summed E-state index contributed by atoms with van der Waals surface area (Å²) in [4.78, 5) is 15.5. The van der Waals surface area contributed by atoms with Crippen LogP contribution in [-0.2, 0) is 23.5 Å². The summed E-state index contributed by atoms with van der Waals surface area (Å²) in [6, 6.07) is 18.4. The molecule has 1 aliphatic heterocycles. The van der Waals surface area contributed by atoms with Crippen molar-refractivity contribution in [3.63, 3.8) is 0 Å². The minimum Gasteiger partial charge on any atom is -0.377 e. The van der Waals surface area contributed by atoms with Crippen LogP contribution in [0.3, 0.4) is 0 Å². The number of rotatable bonds is 7. The van der Waals surface area contributed by atoms with E-state index >= 15 is 0 Å². The Morgan fingerprint density at radius 1 is 1.00 bits per heavy atom. The largest absolute Gasteiger partial charge is 0.377 e. The monoisotopic (exact) mass is 392 g/mol. The first kappa shape index (κ1) is 20.3. The van der Waals surface area contributed by atoms with Crippen molar-refractivity contribution in [1.82, 2.24) is 10.2 Å². The average Bonchev–Trinajstić information content (AvgIpc) is 3.26. The summed E-state index contributed by atoms with van der Waals surface area (Å²) in [6.07, 6.45) is 5.09. The molecule has 0 saturated heterocycles. The van der Waals surface area contributed by atoms with Crippen molar-refractivity contribution < 1.29 is 9.90 Å². The molecular weight excluding hydrogens is 360 g/mol. The van der Waals surface area contributed by atoms with Crippen LogP contribution >= 0.6 is 0 Å². The molecule has 2 aromatic rings. The van der Waals surface area contributed by atoms with Gasteiger partial charge in [0.05, 0.1) is 6.54 Å². The Kier molecular flexibility index (Phi) is 6.43. The molecule has 0 amide bonds. The van der Waals surface area contributed by atoms with Crippen LogP contribution in [0.2, 0.25) is 0 Å². The van der Waals surface area contributed by atoms with E-state index < -0.39 is 5.60 Å². The summed E-state index contributed by atoms with van der Waals surface area (Å²) < 4.78 is 0. The average molecular weight is 393 g/mol. The summed E-state index contributed by atoms with van der Waals surface area (Å²) in [7, 11) is 0. The maximum absolute atomic E-state index is 13.3. The molecule has 2 aliphatic rings. The number of nitrogens with zero attached hydrogens (tertiary/aromatic N) is 1. The van der Waals surface area contributed by atoms with Crippen LogP contribution in [0, 0.1) is 5.92 Å². The lowest BCUT2D eigenvalue weighted by molar-refractivity contribution is -0.145. The lowest BCUT2D eigenvalue weighted by Crippen LogP contribution is -2.45. The third kappa shape index (κ3) is 4.45. The SMILES string of the molecule is O=C1CN(CCCNCc2ccccc2)Cc2ccccc2C1(O)C1CCCC1. The van der Waals surface area contributed by atoms with Crippen LogP contribution in [0.1, 0.15) is 48.8 Å². The Morgan fingerprint density at radius 3 is 2.52 bits per heavy atom. The second kappa shape index (κ2) is 9.21. The van der Waals surface area contributed by atoms with E-state index in [4.69, 9.17) is 0 Å². The third-order valence-corrected chi connectivity index (χ3v) is 6.56. The molecule has 0 bridgehead atoms. The van der Waals surface area contributed by atoms with Crippen molar-refractivity contribution in [1.29, 1.82) is 0 Å². The Labute approximate surface area is 173 Å². The number of hydrogen-bond donors (Lipinski definition) is 2. The highest BCUT2D eigenvalue weighted by Crippen LogP contribution is 2.43. The maximum Gasteiger partial charge on any atom is 0.183 e. The second-order valence-corrected chi connectivity index (χ2v) is 8.55. The standard InChI is InChI=1S/C25H32N2O2/c28-24-19-27(16-8-15-26-17-20-9-2-1-3-10-20)18-21-11-4-7-14-23(21)25(24,29)22-12-5-6-13-22/h1-4,7,9-11,14,22,26,29H,5-6,8,12-13,15-19H2. The van der Waals surface area contributed by atoms with Gasteiger partial charge in [-0.05, 0) is 48.4 Å². The van der Waals surface area contributed by atoms with Crippen molar-refractivity contribution in [2.75, 3.05) is 19.6 Å². The van der Waals surface area contributed by atoms with Gasteiger partial charge in [-0.2, -0.15) is 0 Å². The van der Waals surface area contributed by atoms with Crippen LogP contribution < -0.4 is 5.32 Å². The van der Waals surface area contributed by atoms with E-state index in [9.17, 15) is 9.90 Å². The molecule has 1 fully saturated rings. The Hall–Kier alpha value is -2.01. The number of carbonyl (C=O) groups excluding carboxylic acids is 1. The van der Waals surface area contributed by atoms with E-state index in [1.807, 2.05) is 24.3 Å². The topological polar surface area (TPSA) is 52.6 Å². The van der Waals surface area contributed by atoms with E-state index in [0.717, 1.165) is 69.4 Å². The van der Waals surface area contributed by atoms with Gasteiger partial charge in [0.1, 0.15) is 0 Å². The highest BCUT2D eigenvalue weighted by atomic mass is 16.3. The zero-order valence-electron chi connectivity index (χ0n) is 17.1. The van der Waals surface area contributed by atoms with Gasteiger partial charge in [-0.3, -0.25) is 9.69 Å². The number of nitrogens with one attached hydrogen (secondary N) is 1. The first-order valence-corrected chi connectivity index (χ1v) is 11.0. The Balaban J connectivity index is 1.39. The van der Waals surface area contributed by atoms with E-state index in [2.05, 4.69) is 40.5 Å². The molecule has 1 aliphatic carbocycles. The minimum absolute atomic E-state index is 0.0217. The van der Waals surface area contributed by atoms with Crippen molar-refractivity contribution in [2.45, 2.75) is 50.8 Å². The molecule has 1 atom stereocenters. The number of aliphatic hydroxyl groups is 1. The van der Waals surface area contributed by atoms with E-state index in [1.165, 1.54) is 5.56 Å². The molecule has 0 radical (unpaired) electrons. The minimum atomic E-state index is -1.31. The van der Waals surface area contributed by atoms with E-state index in [1.54, 1.807) is 0 Å².